The molecule has 1 aliphatic heterocycles. The van der Waals surface area contributed by atoms with Crippen LogP contribution in [-0.2, 0) is 11.8 Å². The molecule has 144 valence electrons. The van der Waals surface area contributed by atoms with Crippen molar-refractivity contribution in [2.24, 2.45) is 7.05 Å². The van der Waals surface area contributed by atoms with Gasteiger partial charge in [0.1, 0.15) is 5.82 Å². The number of hydrogen-bond donors (Lipinski definition) is 2. The maximum atomic E-state index is 10.6. The van der Waals surface area contributed by atoms with Crippen LogP contribution in [-0.4, -0.2) is 68.9 Å². The molecule has 12 heteroatoms. The first kappa shape index (κ1) is 20.2. The molecule has 26 heavy (non-hydrogen) atoms. The molecule has 1 atom stereocenters. The van der Waals surface area contributed by atoms with Gasteiger partial charge in [-0.25, -0.2) is 14.8 Å². The molecule has 0 aromatic carbocycles. The number of thioether (sulfide) groups is 1. The fourth-order valence-electron chi connectivity index (χ4n) is 2.45. The third-order valence-electron chi connectivity index (χ3n) is 3.75. The molecule has 0 radical (unpaired) electrons. The maximum Gasteiger partial charge on any atom is 0.490 e. The standard InChI is InChI=1S/C12H18N6S.C2HF3O2/c1-8-6-13-4-5-18(8)11-9-7-14-17(2)10(9)15-12(16-11)19-3;3-2(4,5)1(6)7/h7-8,13H,4-6H2,1-3H3;(H,6,7)/t8-;/m0./s1. The van der Waals surface area contributed by atoms with Crippen molar-refractivity contribution in [3.05, 3.63) is 6.20 Å². The molecule has 2 N–H and O–H groups in total. The number of carboxylic acid groups (broad SMARTS) is 1. The highest BCUT2D eigenvalue weighted by molar-refractivity contribution is 7.98. The number of rotatable bonds is 2. The Kier molecular flexibility index (Phi) is 6.29. The zero-order chi connectivity index (χ0) is 19.5. The summed E-state index contributed by atoms with van der Waals surface area (Å²) in [5.74, 6) is -1.75. The van der Waals surface area contributed by atoms with Gasteiger partial charge in [0, 0.05) is 32.7 Å². The molecule has 1 aliphatic rings. The summed E-state index contributed by atoms with van der Waals surface area (Å²) in [4.78, 5) is 20.5. The lowest BCUT2D eigenvalue weighted by molar-refractivity contribution is -0.192. The van der Waals surface area contributed by atoms with E-state index in [-0.39, 0.29) is 0 Å². The van der Waals surface area contributed by atoms with E-state index in [9.17, 15) is 13.2 Å². The Morgan fingerprint density at radius 3 is 2.62 bits per heavy atom. The summed E-state index contributed by atoms with van der Waals surface area (Å²) in [5.41, 5.74) is 0.903. The van der Waals surface area contributed by atoms with Crippen molar-refractivity contribution in [1.82, 2.24) is 25.1 Å². The lowest BCUT2D eigenvalue weighted by Crippen LogP contribution is -2.50. The van der Waals surface area contributed by atoms with Gasteiger partial charge in [0.05, 0.1) is 11.6 Å². The third kappa shape index (κ3) is 4.55. The fraction of sp³-hybridized carbons (Fsp3) is 0.571. The van der Waals surface area contributed by atoms with Crippen LogP contribution in [0.4, 0.5) is 19.0 Å². The van der Waals surface area contributed by atoms with Crippen molar-refractivity contribution in [3.8, 4) is 0 Å². The number of anilines is 1. The Hall–Kier alpha value is -2.08. The van der Waals surface area contributed by atoms with Crippen molar-refractivity contribution >= 4 is 34.6 Å². The molecule has 0 spiro atoms. The van der Waals surface area contributed by atoms with Crippen LogP contribution in [0, 0.1) is 0 Å². The van der Waals surface area contributed by atoms with Crippen LogP contribution < -0.4 is 10.2 Å². The lowest BCUT2D eigenvalue weighted by atomic mass is 10.2. The van der Waals surface area contributed by atoms with Gasteiger partial charge in [-0.15, -0.1) is 0 Å². The molecule has 2 aromatic rings. The predicted molar refractivity (Wildman–Crippen MR) is 91.5 cm³/mol. The smallest absolute Gasteiger partial charge is 0.475 e. The molecule has 0 amide bonds. The van der Waals surface area contributed by atoms with Gasteiger partial charge in [0.2, 0.25) is 0 Å². The summed E-state index contributed by atoms with van der Waals surface area (Å²) < 4.78 is 33.5. The number of aliphatic carboxylic acids is 1. The normalized spacial score (nSPS) is 17.8. The number of halogens is 3. The Morgan fingerprint density at radius 2 is 2.08 bits per heavy atom. The first-order valence-corrected chi connectivity index (χ1v) is 8.88. The van der Waals surface area contributed by atoms with Crippen molar-refractivity contribution in [1.29, 1.82) is 0 Å². The Morgan fingerprint density at radius 1 is 1.42 bits per heavy atom. The highest BCUT2D eigenvalue weighted by Crippen LogP contribution is 2.27. The fourth-order valence-corrected chi connectivity index (χ4v) is 2.81. The topological polar surface area (TPSA) is 96.2 Å². The zero-order valence-electron chi connectivity index (χ0n) is 14.4. The molecule has 3 heterocycles. The predicted octanol–water partition coefficient (Wildman–Crippen LogP) is 1.52. The summed E-state index contributed by atoms with van der Waals surface area (Å²) >= 11 is 1.57. The summed E-state index contributed by atoms with van der Waals surface area (Å²) in [5, 5.41) is 16.7. The first-order chi connectivity index (χ1) is 12.1. The van der Waals surface area contributed by atoms with Gasteiger partial charge in [-0.3, -0.25) is 4.68 Å². The number of piperazine rings is 1. The molecule has 0 aliphatic carbocycles. The van der Waals surface area contributed by atoms with Crippen LogP contribution in [0.15, 0.2) is 11.4 Å². The van der Waals surface area contributed by atoms with Crippen molar-refractivity contribution in [2.75, 3.05) is 30.8 Å². The molecular formula is C14H19F3N6O2S. The van der Waals surface area contributed by atoms with E-state index in [2.05, 4.69) is 27.2 Å². The Bertz CT molecular complexity index is 782. The Balaban J connectivity index is 0.000000298. The molecule has 0 bridgehead atoms. The van der Waals surface area contributed by atoms with E-state index in [0.29, 0.717) is 6.04 Å². The molecule has 3 rings (SSSR count). The van der Waals surface area contributed by atoms with E-state index in [1.54, 1.807) is 11.8 Å². The number of aromatic nitrogens is 4. The van der Waals surface area contributed by atoms with Crippen molar-refractivity contribution in [2.45, 2.75) is 24.3 Å². The molecule has 8 nitrogen and oxygen atoms in total. The number of carbonyl (C=O) groups is 1. The van der Waals surface area contributed by atoms with Gasteiger partial charge in [0.15, 0.2) is 10.8 Å². The van der Waals surface area contributed by atoms with E-state index in [0.717, 1.165) is 41.6 Å². The molecule has 0 saturated carbocycles. The number of aryl methyl sites for hydroxylation is 1. The van der Waals surface area contributed by atoms with Crippen molar-refractivity contribution < 1.29 is 23.1 Å². The lowest BCUT2D eigenvalue weighted by Gasteiger charge is -2.35. The third-order valence-corrected chi connectivity index (χ3v) is 4.30. The van der Waals surface area contributed by atoms with Crippen molar-refractivity contribution in [3.63, 3.8) is 0 Å². The van der Waals surface area contributed by atoms with E-state index in [4.69, 9.17) is 14.9 Å². The number of nitrogens with zero attached hydrogens (tertiary/aromatic N) is 5. The van der Waals surface area contributed by atoms with Crippen LogP contribution in [0.25, 0.3) is 11.0 Å². The summed E-state index contributed by atoms with van der Waals surface area (Å²) in [7, 11) is 1.92. The van der Waals surface area contributed by atoms with Crippen LogP contribution in [0.2, 0.25) is 0 Å². The SMILES string of the molecule is CSc1nc(N2CCNC[C@@H]2C)c2cnn(C)c2n1.O=C(O)C(F)(F)F. The Labute approximate surface area is 151 Å². The monoisotopic (exact) mass is 392 g/mol. The quantitative estimate of drug-likeness (QED) is 0.587. The second-order valence-corrected chi connectivity index (χ2v) is 6.36. The minimum Gasteiger partial charge on any atom is -0.475 e. The number of carboxylic acids is 1. The first-order valence-electron chi connectivity index (χ1n) is 7.66. The summed E-state index contributed by atoms with van der Waals surface area (Å²) in [6, 6.07) is 0.432. The summed E-state index contributed by atoms with van der Waals surface area (Å²) in [6.07, 6.45) is -1.22. The zero-order valence-corrected chi connectivity index (χ0v) is 15.2. The largest absolute Gasteiger partial charge is 0.490 e. The van der Waals surface area contributed by atoms with Crippen LogP contribution in [0.1, 0.15) is 6.92 Å². The second-order valence-electron chi connectivity index (χ2n) is 5.59. The molecule has 1 fully saturated rings. The number of hydrogen-bond acceptors (Lipinski definition) is 7. The van der Waals surface area contributed by atoms with Gasteiger partial charge in [-0.05, 0) is 13.2 Å². The van der Waals surface area contributed by atoms with Gasteiger partial charge in [0.25, 0.3) is 0 Å². The van der Waals surface area contributed by atoms with Crippen LogP contribution in [0.5, 0.6) is 0 Å². The van der Waals surface area contributed by atoms with Gasteiger partial charge in [-0.1, -0.05) is 11.8 Å². The molecule has 1 saturated heterocycles. The number of alkyl halides is 3. The average molecular weight is 392 g/mol. The van der Waals surface area contributed by atoms with Gasteiger partial charge in [-0.2, -0.15) is 18.3 Å². The van der Waals surface area contributed by atoms with Crippen LogP contribution in [0.3, 0.4) is 0 Å². The van der Waals surface area contributed by atoms with Crippen LogP contribution >= 0.6 is 11.8 Å². The summed E-state index contributed by atoms with van der Waals surface area (Å²) in [6.45, 7) is 5.16. The highest BCUT2D eigenvalue weighted by Gasteiger charge is 2.38. The minimum absolute atomic E-state index is 0.432. The second kappa shape index (κ2) is 8.08. The van der Waals surface area contributed by atoms with E-state index in [1.165, 1.54) is 0 Å². The van der Waals surface area contributed by atoms with E-state index >= 15 is 0 Å². The molecular weight excluding hydrogens is 373 g/mol. The van der Waals surface area contributed by atoms with Gasteiger partial charge < -0.3 is 15.3 Å². The number of fused-ring (bicyclic) bond motifs is 1. The van der Waals surface area contributed by atoms with E-state index < -0.39 is 12.1 Å². The molecule has 2 aromatic heterocycles. The number of nitrogens with one attached hydrogen (secondary N) is 1. The minimum atomic E-state index is -5.08. The molecule has 0 unspecified atom stereocenters. The highest BCUT2D eigenvalue weighted by atomic mass is 32.2. The maximum absolute atomic E-state index is 10.6. The van der Waals surface area contributed by atoms with Gasteiger partial charge >= 0.3 is 12.1 Å². The average Bonchev–Trinajstić information content (AvgIpc) is 2.95. The van der Waals surface area contributed by atoms with E-state index in [1.807, 2.05) is 24.2 Å².